The van der Waals surface area contributed by atoms with E-state index in [1.165, 1.54) is 0 Å². The molecule has 9 heavy (non-hydrogen) atoms. The number of carbonyl (C=O) groups excluding carboxylic acids is 1. The fourth-order valence-corrected chi connectivity index (χ4v) is 0.368. The summed E-state index contributed by atoms with van der Waals surface area (Å²) in [6.07, 6.45) is 0. The molecule has 0 spiro atoms. The third-order valence-electron chi connectivity index (χ3n) is 1.13. The molecule has 0 fully saturated rings. The molecule has 0 heterocycles. The average Bonchev–Trinajstić information content (AvgIpc) is 1.84. The van der Waals surface area contributed by atoms with Crippen molar-refractivity contribution in [2.75, 3.05) is 0 Å². The maximum absolute atomic E-state index is 10.5. The van der Waals surface area contributed by atoms with Gasteiger partial charge in [-0.15, -0.1) is 0 Å². The standard InChI is InChI=1S/C6H12NO2/c1-4(2)5(7)6(8)9-3/h4-5H,3,7H2,1-2H3. The summed E-state index contributed by atoms with van der Waals surface area (Å²) in [5.74, 6) is -0.343. The molecule has 0 aliphatic carbocycles. The van der Waals surface area contributed by atoms with Crippen LogP contribution in [0.4, 0.5) is 0 Å². The molecule has 0 aromatic rings. The Kier molecular flexibility index (Phi) is 3.24. The minimum absolute atomic E-state index is 0.110. The third-order valence-corrected chi connectivity index (χ3v) is 1.13. The highest BCUT2D eigenvalue weighted by molar-refractivity contribution is 5.75. The second-order valence-corrected chi connectivity index (χ2v) is 2.23. The Hall–Kier alpha value is -0.570. The second kappa shape index (κ2) is 3.45. The van der Waals surface area contributed by atoms with Crippen LogP contribution in [0.2, 0.25) is 0 Å². The minimum atomic E-state index is -0.539. The van der Waals surface area contributed by atoms with Gasteiger partial charge in [-0.2, -0.15) is 0 Å². The van der Waals surface area contributed by atoms with Crippen LogP contribution < -0.4 is 5.73 Å². The summed E-state index contributed by atoms with van der Waals surface area (Å²) >= 11 is 0. The number of nitrogens with two attached hydrogens (primary N) is 1. The van der Waals surface area contributed by atoms with E-state index in [2.05, 4.69) is 11.8 Å². The molecule has 0 amide bonds. The first-order valence-corrected chi connectivity index (χ1v) is 2.81. The Morgan fingerprint density at radius 2 is 2.11 bits per heavy atom. The Morgan fingerprint density at radius 3 is 2.22 bits per heavy atom. The quantitative estimate of drug-likeness (QED) is 0.547. The summed E-state index contributed by atoms with van der Waals surface area (Å²) in [6, 6.07) is -0.539. The fourth-order valence-electron chi connectivity index (χ4n) is 0.368. The summed E-state index contributed by atoms with van der Waals surface area (Å²) in [5.41, 5.74) is 5.36. The summed E-state index contributed by atoms with van der Waals surface area (Å²) in [6.45, 7) is 3.70. The topological polar surface area (TPSA) is 52.3 Å². The summed E-state index contributed by atoms with van der Waals surface area (Å²) < 4.78 is 4.16. The molecule has 1 radical (unpaired) electrons. The van der Waals surface area contributed by atoms with Crippen molar-refractivity contribution in [1.82, 2.24) is 0 Å². The van der Waals surface area contributed by atoms with Gasteiger partial charge in [0.1, 0.15) is 13.2 Å². The highest BCUT2D eigenvalue weighted by Gasteiger charge is 2.16. The predicted octanol–water partition coefficient (Wildman–Crippen LogP) is 0.304. The van der Waals surface area contributed by atoms with Crippen LogP contribution in [0.15, 0.2) is 0 Å². The molecular formula is C6H12NO2. The van der Waals surface area contributed by atoms with Gasteiger partial charge in [0, 0.05) is 0 Å². The summed E-state index contributed by atoms with van der Waals surface area (Å²) in [7, 11) is 2.96. The van der Waals surface area contributed by atoms with Crippen molar-refractivity contribution in [1.29, 1.82) is 0 Å². The number of esters is 1. The molecule has 0 rings (SSSR count). The van der Waals surface area contributed by atoms with Crippen LogP contribution in [-0.4, -0.2) is 12.0 Å². The smallest absolute Gasteiger partial charge is 0.323 e. The zero-order valence-electron chi connectivity index (χ0n) is 5.76. The highest BCUT2D eigenvalue weighted by Crippen LogP contribution is 1.98. The monoisotopic (exact) mass is 130 g/mol. The molecule has 0 saturated carbocycles. The molecule has 0 aromatic heterocycles. The SMILES string of the molecule is [CH2]OC(=O)C(N)C(C)C. The van der Waals surface area contributed by atoms with Gasteiger partial charge in [-0.05, 0) is 5.92 Å². The summed E-state index contributed by atoms with van der Waals surface area (Å²) in [4.78, 5) is 10.5. The zero-order chi connectivity index (χ0) is 7.44. The molecule has 1 atom stereocenters. The van der Waals surface area contributed by atoms with Gasteiger partial charge in [-0.3, -0.25) is 4.79 Å². The van der Waals surface area contributed by atoms with Crippen molar-refractivity contribution in [3.05, 3.63) is 7.11 Å². The van der Waals surface area contributed by atoms with Crippen LogP contribution in [0.3, 0.4) is 0 Å². The van der Waals surface area contributed by atoms with Gasteiger partial charge in [0.05, 0.1) is 0 Å². The lowest BCUT2D eigenvalue weighted by Crippen LogP contribution is -2.35. The first-order chi connectivity index (χ1) is 4.09. The molecule has 0 aliphatic heterocycles. The van der Waals surface area contributed by atoms with Crippen LogP contribution >= 0.6 is 0 Å². The van der Waals surface area contributed by atoms with Gasteiger partial charge in [-0.25, -0.2) is 0 Å². The average molecular weight is 130 g/mol. The second-order valence-electron chi connectivity index (χ2n) is 2.23. The first-order valence-electron chi connectivity index (χ1n) is 2.81. The van der Waals surface area contributed by atoms with Gasteiger partial charge in [0.2, 0.25) is 0 Å². The van der Waals surface area contributed by atoms with E-state index in [4.69, 9.17) is 5.73 Å². The first kappa shape index (κ1) is 8.43. The molecular weight excluding hydrogens is 118 g/mol. The molecule has 0 saturated heterocycles. The molecule has 1 unspecified atom stereocenters. The predicted molar refractivity (Wildman–Crippen MR) is 34.3 cm³/mol. The van der Waals surface area contributed by atoms with E-state index < -0.39 is 12.0 Å². The van der Waals surface area contributed by atoms with Crippen molar-refractivity contribution in [3.8, 4) is 0 Å². The van der Waals surface area contributed by atoms with Crippen LogP contribution in [-0.2, 0) is 9.53 Å². The van der Waals surface area contributed by atoms with Gasteiger partial charge in [0.25, 0.3) is 0 Å². The minimum Gasteiger partial charge on any atom is -0.461 e. The summed E-state index contributed by atoms with van der Waals surface area (Å²) in [5, 5.41) is 0. The Labute approximate surface area is 55.2 Å². The van der Waals surface area contributed by atoms with Crippen LogP contribution in [0.5, 0.6) is 0 Å². The van der Waals surface area contributed by atoms with E-state index in [1.54, 1.807) is 0 Å². The molecule has 53 valence electrons. The van der Waals surface area contributed by atoms with Crippen molar-refractivity contribution in [3.63, 3.8) is 0 Å². The van der Waals surface area contributed by atoms with E-state index in [1.807, 2.05) is 13.8 Å². The van der Waals surface area contributed by atoms with Gasteiger partial charge in [-0.1, -0.05) is 13.8 Å². The molecule has 0 aromatic carbocycles. The highest BCUT2D eigenvalue weighted by atomic mass is 16.5. The lowest BCUT2D eigenvalue weighted by Gasteiger charge is -2.11. The fraction of sp³-hybridized carbons (Fsp3) is 0.667. The van der Waals surface area contributed by atoms with E-state index in [9.17, 15) is 4.79 Å². The lowest BCUT2D eigenvalue weighted by atomic mass is 10.1. The Bertz CT molecular complexity index is 101. The van der Waals surface area contributed by atoms with E-state index in [-0.39, 0.29) is 5.92 Å². The largest absolute Gasteiger partial charge is 0.461 e. The lowest BCUT2D eigenvalue weighted by molar-refractivity contribution is -0.140. The molecule has 3 heteroatoms. The van der Waals surface area contributed by atoms with E-state index in [0.29, 0.717) is 0 Å². The molecule has 2 N–H and O–H groups in total. The Balaban J connectivity index is 3.72. The van der Waals surface area contributed by atoms with Crippen LogP contribution in [0, 0.1) is 13.0 Å². The number of hydrogen-bond acceptors (Lipinski definition) is 3. The van der Waals surface area contributed by atoms with Gasteiger partial charge < -0.3 is 10.5 Å². The molecule has 3 nitrogen and oxygen atoms in total. The van der Waals surface area contributed by atoms with Crippen molar-refractivity contribution in [2.45, 2.75) is 19.9 Å². The van der Waals surface area contributed by atoms with Gasteiger partial charge in [0.15, 0.2) is 0 Å². The van der Waals surface area contributed by atoms with Crippen molar-refractivity contribution in [2.24, 2.45) is 11.7 Å². The zero-order valence-corrected chi connectivity index (χ0v) is 5.76. The number of carbonyl (C=O) groups is 1. The maximum atomic E-state index is 10.5. The van der Waals surface area contributed by atoms with E-state index in [0.717, 1.165) is 0 Å². The third kappa shape index (κ3) is 2.46. The molecule has 0 aliphatic rings. The molecule has 0 bridgehead atoms. The number of hydrogen-bond donors (Lipinski definition) is 1. The normalized spacial score (nSPS) is 13.4. The van der Waals surface area contributed by atoms with E-state index >= 15 is 0 Å². The number of ether oxygens (including phenoxy) is 1. The Morgan fingerprint density at radius 1 is 1.67 bits per heavy atom. The van der Waals surface area contributed by atoms with Crippen LogP contribution in [0.25, 0.3) is 0 Å². The van der Waals surface area contributed by atoms with Crippen LogP contribution in [0.1, 0.15) is 13.8 Å². The maximum Gasteiger partial charge on any atom is 0.323 e. The van der Waals surface area contributed by atoms with Crippen molar-refractivity contribution >= 4 is 5.97 Å². The van der Waals surface area contributed by atoms with Crippen molar-refractivity contribution < 1.29 is 9.53 Å². The number of rotatable bonds is 2. The van der Waals surface area contributed by atoms with Gasteiger partial charge >= 0.3 is 5.97 Å².